The van der Waals surface area contributed by atoms with Crippen molar-refractivity contribution in [3.05, 3.63) is 59.4 Å². The molecule has 0 radical (unpaired) electrons. The molecule has 28 heavy (non-hydrogen) atoms. The van der Waals surface area contributed by atoms with Gasteiger partial charge in [0.1, 0.15) is 17.1 Å². The van der Waals surface area contributed by atoms with Crippen molar-refractivity contribution in [1.82, 2.24) is 0 Å². The van der Waals surface area contributed by atoms with Crippen molar-refractivity contribution in [1.29, 1.82) is 0 Å². The molecule has 1 N–H and O–H groups in total. The van der Waals surface area contributed by atoms with Crippen LogP contribution in [-0.2, 0) is 4.74 Å². The highest BCUT2D eigenvalue weighted by Gasteiger charge is 2.19. The predicted octanol–water partition coefficient (Wildman–Crippen LogP) is 4.96. The van der Waals surface area contributed by atoms with Gasteiger partial charge >= 0.3 is 5.97 Å². The Bertz CT molecular complexity index is 988. The molecule has 0 fully saturated rings. The summed E-state index contributed by atoms with van der Waals surface area (Å²) in [6.07, 6.45) is 2.02. The van der Waals surface area contributed by atoms with Crippen molar-refractivity contribution >= 4 is 28.5 Å². The fourth-order valence-electron chi connectivity index (χ4n) is 2.91. The molecule has 1 heterocycles. The fourth-order valence-corrected chi connectivity index (χ4v) is 2.91. The Labute approximate surface area is 163 Å². The van der Waals surface area contributed by atoms with Crippen LogP contribution >= 0.6 is 0 Å². The molecule has 0 bridgehead atoms. The first kappa shape index (κ1) is 19.5. The van der Waals surface area contributed by atoms with Gasteiger partial charge in [-0.15, -0.1) is 0 Å². The van der Waals surface area contributed by atoms with Gasteiger partial charge in [0.2, 0.25) is 0 Å². The monoisotopic (exact) mass is 381 g/mol. The molecule has 1 amide bonds. The number of hydrogen-bond donors (Lipinski definition) is 1. The summed E-state index contributed by atoms with van der Waals surface area (Å²) in [6.45, 7) is 4.49. The summed E-state index contributed by atoms with van der Waals surface area (Å²) in [4.78, 5) is 24.4. The molecule has 1 aromatic heterocycles. The second kappa shape index (κ2) is 8.61. The van der Waals surface area contributed by atoms with Gasteiger partial charge in [0.05, 0.1) is 24.8 Å². The Hall–Kier alpha value is -3.28. The molecule has 0 saturated heterocycles. The molecule has 6 nitrogen and oxygen atoms in total. The Kier molecular flexibility index (Phi) is 5.99. The molecular formula is C22H23NO5. The van der Waals surface area contributed by atoms with Crippen molar-refractivity contribution in [3.8, 4) is 5.75 Å². The van der Waals surface area contributed by atoms with Gasteiger partial charge in [-0.2, -0.15) is 0 Å². The highest BCUT2D eigenvalue weighted by Crippen LogP contribution is 2.30. The van der Waals surface area contributed by atoms with Crippen molar-refractivity contribution in [3.63, 3.8) is 0 Å². The molecular weight excluding hydrogens is 358 g/mol. The average molecular weight is 381 g/mol. The molecule has 0 aliphatic carbocycles. The highest BCUT2D eigenvalue weighted by atomic mass is 16.5. The molecule has 0 aliphatic heterocycles. The van der Waals surface area contributed by atoms with Crippen molar-refractivity contribution in [2.45, 2.75) is 26.7 Å². The van der Waals surface area contributed by atoms with E-state index in [2.05, 4.69) is 17.0 Å². The summed E-state index contributed by atoms with van der Waals surface area (Å²) in [7, 11) is 1.32. The molecule has 3 aromatic rings. The van der Waals surface area contributed by atoms with Gasteiger partial charge in [-0.25, -0.2) is 4.79 Å². The molecule has 6 heteroatoms. The van der Waals surface area contributed by atoms with E-state index in [9.17, 15) is 9.59 Å². The lowest BCUT2D eigenvalue weighted by molar-refractivity contribution is 0.0600. The lowest BCUT2D eigenvalue weighted by Crippen LogP contribution is -2.13. The molecule has 146 valence electrons. The summed E-state index contributed by atoms with van der Waals surface area (Å²) < 4.78 is 16.1. The van der Waals surface area contributed by atoms with E-state index in [1.54, 1.807) is 31.2 Å². The smallest absolute Gasteiger partial charge is 0.337 e. The van der Waals surface area contributed by atoms with Crippen LogP contribution in [0.5, 0.6) is 5.75 Å². The Balaban J connectivity index is 1.83. The number of ether oxygens (including phenoxy) is 2. The van der Waals surface area contributed by atoms with E-state index in [4.69, 9.17) is 9.15 Å². The van der Waals surface area contributed by atoms with Gasteiger partial charge in [0.15, 0.2) is 0 Å². The van der Waals surface area contributed by atoms with Gasteiger partial charge in [-0.05, 0) is 55.8 Å². The van der Waals surface area contributed by atoms with E-state index >= 15 is 0 Å². The fraction of sp³-hybridized carbons (Fsp3) is 0.273. The van der Waals surface area contributed by atoms with Crippen LogP contribution in [0.25, 0.3) is 11.0 Å². The van der Waals surface area contributed by atoms with Crippen LogP contribution in [0.15, 0.2) is 46.9 Å². The zero-order chi connectivity index (χ0) is 20.1. The second-order valence-electron chi connectivity index (χ2n) is 6.42. The standard InChI is InChI=1S/C22H23NO5/c1-4-5-12-27-17-10-11-19-18(13-17)20(14(2)28-19)21(24)23-16-8-6-15(7-9-16)22(25)26-3/h6-11,13H,4-5,12H2,1-3H3,(H,23,24). The van der Waals surface area contributed by atoms with Crippen molar-refractivity contribution < 1.29 is 23.5 Å². The summed E-state index contributed by atoms with van der Waals surface area (Å²) in [5.74, 6) is 0.528. The Morgan fingerprint density at radius 1 is 1.11 bits per heavy atom. The average Bonchev–Trinajstić information content (AvgIpc) is 3.03. The van der Waals surface area contributed by atoms with Gasteiger partial charge in [0, 0.05) is 11.1 Å². The number of hydrogen-bond acceptors (Lipinski definition) is 5. The number of aryl methyl sites for hydroxylation is 1. The first-order valence-electron chi connectivity index (χ1n) is 9.19. The third-order valence-corrected chi connectivity index (χ3v) is 4.39. The van der Waals surface area contributed by atoms with Gasteiger partial charge in [-0.3, -0.25) is 4.79 Å². The molecule has 3 rings (SSSR count). The summed E-state index contributed by atoms with van der Waals surface area (Å²) in [5.41, 5.74) is 2.08. The number of nitrogens with one attached hydrogen (secondary N) is 1. The van der Waals surface area contributed by atoms with Crippen LogP contribution in [-0.4, -0.2) is 25.6 Å². The largest absolute Gasteiger partial charge is 0.494 e. The molecule has 0 aliphatic rings. The van der Waals surface area contributed by atoms with Crippen LogP contribution < -0.4 is 10.1 Å². The van der Waals surface area contributed by atoms with Crippen LogP contribution in [0.2, 0.25) is 0 Å². The molecule has 0 atom stereocenters. The number of fused-ring (bicyclic) bond motifs is 1. The first-order valence-corrected chi connectivity index (χ1v) is 9.19. The van der Waals surface area contributed by atoms with E-state index in [1.807, 2.05) is 18.2 Å². The minimum Gasteiger partial charge on any atom is -0.494 e. The van der Waals surface area contributed by atoms with Gasteiger partial charge < -0.3 is 19.2 Å². The zero-order valence-electron chi connectivity index (χ0n) is 16.2. The SMILES string of the molecule is CCCCOc1ccc2oc(C)c(C(=O)Nc3ccc(C(=O)OC)cc3)c2c1. The van der Waals surface area contributed by atoms with E-state index in [0.717, 1.165) is 12.8 Å². The maximum Gasteiger partial charge on any atom is 0.337 e. The quantitative estimate of drug-likeness (QED) is 0.462. The van der Waals surface area contributed by atoms with Crippen LogP contribution in [0, 0.1) is 6.92 Å². The lowest BCUT2D eigenvalue weighted by atomic mass is 10.1. The maximum atomic E-state index is 12.9. The number of methoxy groups -OCH3 is 1. The lowest BCUT2D eigenvalue weighted by Gasteiger charge is -2.07. The number of unbranched alkanes of at least 4 members (excludes halogenated alkanes) is 1. The number of carbonyl (C=O) groups is 2. The van der Waals surface area contributed by atoms with E-state index in [0.29, 0.717) is 45.9 Å². The van der Waals surface area contributed by atoms with Crippen molar-refractivity contribution in [2.24, 2.45) is 0 Å². The van der Waals surface area contributed by atoms with Crippen molar-refractivity contribution in [2.75, 3.05) is 19.0 Å². The predicted molar refractivity (Wildman–Crippen MR) is 107 cm³/mol. The molecule has 0 unspecified atom stereocenters. The molecule has 2 aromatic carbocycles. The number of carbonyl (C=O) groups excluding carboxylic acids is 2. The third-order valence-electron chi connectivity index (χ3n) is 4.39. The zero-order valence-corrected chi connectivity index (χ0v) is 16.2. The summed E-state index contributed by atoms with van der Waals surface area (Å²) in [5, 5.41) is 3.55. The number of rotatable bonds is 7. The molecule has 0 saturated carbocycles. The normalized spacial score (nSPS) is 10.7. The number of amides is 1. The number of furan rings is 1. The highest BCUT2D eigenvalue weighted by molar-refractivity contribution is 6.13. The summed E-state index contributed by atoms with van der Waals surface area (Å²) in [6, 6.07) is 12.0. The Morgan fingerprint density at radius 3 is 2.54 bits per heavy atom. The minimum atomic E-state index is -0.426. The van der Waals surface area contributed by atoms with Crippen LogP contribution in [0.3, 0.4) is 0 Å². The van der Waals surface area contributed by atoms with Crippen LogP contribution in [0.4, 0.5) is 5.69 Å². The number of benzene rings is 2. The maximum absolute atomic E-state index is 12.9. The van der Waals surface area contributed by atoms with E-state index in [1.165, 1.54) is 7.11 Å². The topological polar surface area (TPSA) is 77.8 Å². The minimum absolute atomic E-state index is 0.284. The van der Waals surface area contributed by atoms with Gasteiger partial charge in [-0.1, -0.05) is 13.3 Å². The van der Waals surface area contributed by atoms with E-state index < -0.39 is 5.97 Å². The van der Waals surface area contributed by atoms with E-state index in [-0.39, 0.29) is 5.91 Å². The van der Waals surface area contributed by atoms with Gasteiger partial charge in [0.25, 0.3) is 5.91 Å². The van der Waals surface area contributed by atoms with Crippen LogP contribution in [0.1, 0.15) is 46.2 Å². The number of esters is 1. The first-order chi connectivity index (χ1) is 13.5. The molecule has 0 spiro atoms. The second-order valence-corrected chi connectivity index (χ2v) is 6.42. The summed E-state index contributed by atoms with van der Waals surface area (Å²) >= 11 is 0. The third kappa shape index (κ3) is 4.17. The number of anilines is 1. The Morgan fingerprint density at radius 2 is 1.86 bits per heavy atom.